The number of nitrogens with one attached hydrogen (secondary N) is 2. The third-order valence-electron chi connectivity index (χ3n) is 3.52. The molecule has 0 saturated heterocycles. The number of rotatable bonds is 5. The lowest BCUT2D eigenvalue weighted by Crippen LogP contribution is -2.43. The standard InChI is InChI=1S/C16H17N3O5S/c1-10-8-11(19(23)24)5-6-12(10)18-15(21)14(20)17-9-16(2,22)13-4-3-7-25-13/h3-8,22H,9H2,1-2H3,(H,17,20)(H,18,21). The van der Waals surface area contributed by atoms with Gasteiger partial charge in [-0.15, -0.1) is 11.3 Å². The van der Waals surface area contributed by atoms with Crippen LogP contribution in [0.1, 0.15) is 17.4 Å². The Morgan fingerprint density at radius 3 is 2.60 bits per heavy atom. The van der Waals surface area contributed by atoms with Crippen LogP contribution in [0.3, 0.4) is 0 Å². The summed E-state index contributed by atoms with van der Waals surface area (Å²) in [5.41, 5.74) is -0.628. The van der Waals surface area contributed by atoms with E-state index in [1.165, 1.54) is 36.5 Å². The Morgan fingerprint density at radius 1 is 1.32 bits per heavy atom. The van der Waals surface area contributed by atoms with Gasteiger partial charge in [-0.2, -0.15) is 0 Å². The zero-order chi connectivity index (χ0) is 18.6. The number of carbonyl (C=O) groups excluding carboxylic acids is 2. The molecule has 1 unspecified atom stereocenters. The first-order valence-corrected chi connectivity index (χ1v) is 8.19. The number of non-ortho nitro benzene ring substituents is 1. The highest BCUT2D eigenvalue weighted by Gasteiger charge is 2.26. The number of carbonyl (C=O) groups is 2. The van der Waals surface area contributed by atoms with Crippen LogP contribution in [0.25, 0.3) is 0 Å². The minimum absolute atomic E-state index is 0.105. The van der Waals surface area contributed by atoms with Crippen molar-refractivity contribution in [1.29, 1.82) is 0 Å². The van der Waals surface area contributed by atoms with Gasteiger partial charge in [0.15, 0.2) is 0 Å². The van der Waals surface area contributed by atoms with Crippen molar-refractivity contribution in [2.24, 2.45) is 0 Å². The Labute approximate surface area is 147 Å². The summed E-state index contributed by atoms with van der Waals surface area (Å²) in [4.78, 5) is 34.7. The van der Waals surface area contributed by atoms with Gasteiger partial charge >= 0.3 is 11.8 Å². The first-order chi connectivity index (χ1) is 11.7. The van der Waals surface area contributed by atoms with Crippen molar-refractivity contribution in [3.63, 3.8) is 0 Å². The molecule has 0 spiro atoms. The lowest BCUT2D eigenvalue weighted by Gasteiger charge is -2.22. The molecule has 1 aromatic heterocycles. The summed E-state index contributed by atoms with van der Waals surface area (Å²) < 4.78 is 0. The molecular weight excluding hydrogens is 346 g/mol. The molecule has 2 amide bonds. The molecule has 2 aromatic rings. The molecule has 0 aliphatic heterocycles. The molecule has 0 bridgehead atoms. The molecule has 2 rings (SSSR count). The molecule has 1 aromatic carbocycles. The van der Waals surface area contributed by atoms with E-state index in [9.17, 15) is 24.8 Å². The van der Waals surface area contributed by atoms with Gasteiger partial charge in [0.2, 0.25) is 0 Å². The van der Waals surface area contributed by atoms with Gasteiger partial charge in [-0.1, -0.05) is 6.07 Å². The molecule has 0 fully saturated rings. The highest BCUT2D eigenvalue weighted by atomic mass is 32.1. The second kappa shape index (κ2) is 7.41. The number of amides is 2. The van der Waals surface area contributed by atoms with Crippen LogP contribution in [0.2, 0.25) is 0 Å². The van der Waals surface area contributed by atoms with Crippen LogP contribution in [0.5, 0.6) is 0 Å². The smallest absolute Gasteiger partial charge is 0.313 e. The minimum Gasteiger partial charge on any atom is -0.383 e. The summed E-state index contributed by atoms with van der Waals surface area (Å²) in [6, 6.07) is 7.41. The number of nitrogens with zero attached hydrogens (tertiary/aromatic N) is 1. The van der Waals surface area contributed by atoms with E-state index in [4.69, 9.17) is 0 Å². The topological polar surface area (TPSA) is 122 Å². The fourth-order valence-corrected chi connectivity index (χ4v) is 2.87. The molecule has 0 aliphatic rings. The SMILES string of the molecule is Cc1cc([N+](=O)[O-])ccc1NC(=O)C(=O)NCC(C)(O)c1cccs1. The fraction of sp³-hybridized carbons (Fsp3) is 0.250. The fourth-order valence-electron chi connectivity index (χ4n) is 2.09. The lowest BCUT2D eigenvalue weighted by molar-refractivity contribution is -0.384. The van der Waals surface area contributed by atoms with Crippen LogP contribution in [0, 0.1) is 17.0 Å². The molecule has 0 aliphatic carbocycles. The van der Waals surface area contributed by atoms with Gasteiger partial charge in [-0.05, 0) is 36.9 Å². The van der Waals surface area contributed by atoms with Crippen molar-refractivity contribution in [2.45, 2.75) is 19.4 Å². The summed E-state index contributed by atoms with van der Waals surface area (Å²) in [7, 11) is 0. The molecule has 3 N–H and O–H groups in total. The molecule has 1 heterocycles. The highest BCUT2D eigenvalue weighted by Crippen LogP contribution is 2.24. The van der Waals surface area contributed by atoms with Gasteiger partial charge in [0.05, 0.1) is 11.5 Å². The average Bonchev–Trinajstić information content (AvgIpc) is 3.09. The number of hydrogen-bond donors (Lipinski definition) is 3. The highest BCUT2D eigenvalue weighted by molar-refractivity contribution is 7.10. The van der Waals surface area contributed by atoms with Gasteiger partial charge < -0.3 is 15.7 Å². The Bertz CT molecular complexity index is 802. The van der Waals surface area contributed by atoms with E-state index in [-0.39, 0.29) is 12.2 Å². The van der Waals surface area contributed by atoms with Gasteiger partial charge in [0.25, 0.3) is 5.69 Å². The Hall–Kier alpha value is -2.78. The van der Waals surface area contributed by atoms with Crippen LogP contribution in [-0.2, 0) is 15.2 Å². The molecular formula is C16H17N3O5S. The maximum absolute atomic E-state index is 12.0. The predicted molar refractivity (Wildman–Crippen MR) is 93.4 cm³/mol. The Morgan fingerprint density at radius 2 is 2.04 bits per heavy atom. The monoisotopic (exact) mass is 363 g/mol. The molecule has 9 heteroatoms. The summed E-state index contributed by atoms with van der Waals surface area (Å²) in [6.07, 6.45) is 0. The molecule has 132 valence electrons. The van der Waals surface area contributed by atoms with E-state index in [0.29, 0.717) is 16.1 Å². The quantitative estimate of drug-likeness (QED) is 0.426. The average molecular weight is 363 g/mol. The van der Waals surface area contributed by atoms with E-state index in [2.05, 4.69) is 10.6 Å². The van der Waals surface area contributed by atoms with Crippen LogP contribution in [0.4, 0.5) is 11.4 Å². The van der Waals surface area contributed by atoms with Gasteiger partial charge in [-0.25, -0.2) is 0 Å². The lowest BCUT2D eigenvalue weighted by atomic mass is 10.1. The van der Waals surface area contributed by atoms with Gasteiger partial charge in [0.1, 0.15) is 5.60 Å². The van der Waals surface area contributed by atoms with Gasteiger partial charge in [-0.3, -0.25) is 19.7 Å². The summed E-state index contributed by atoms with van der Waals surface area (Å²) in [6.45, 7) is 3.00. The van der Waals surface area contributed by atoms with E-state index in [1.807, 2.05) is 0 Å². The number of hydrogen-bond acceptors (Lipinski definition) is 6. The molecule has 0 saturated carbocycles. The number of thiophene rings is 1. The van der Waals surface area contributed by atoms with Gasteiger partial charge in [0, 0.05) is 22.7 Å². The number of aryl methyl sites for hydroxylation is 1. The summed E-state index contributed by atoms with van der Waals surface area (Å²) in [5, 5.41) is 27.6. The number of nitro groups is 1. The van der Waals surface area contributed by atoms with Crippen LogP contribution in [0.15, 0.2) is 35.7 Å². The van der Waals surface area contributed by atoms with Crippen molar-refractivity contribution in [1.82, 2.24) is 5.32 Å². The predicted octanol–water partition coefficient (Wildman–Crippen LogP) is 1.93. The minimum atomic E-state index is -1.28. The second-order valence-corrected chi connectivity index (χ2v) is 6.59. The first kappa shape index (κ1) is 18.6. The van der Waals surface area contributed by atoms with Crippen molar-refractivity contribution in [3.05, 3.63) is 56.3 Å². The van der Waals surface area contributed by atoms with Crippen molar-refractivity contribution in [2.75, 3.05) is 11.9 Å². The Kier molecular flexibility index (Phi) is 5.50. The van der Waals surface area contributed by atoms with E-state index < -0.39 is 22.3 Å². The number of anilines is 1. The zero-order valence-electron chi connectivity index (χ0n) is 13.6. The normalized spacial score (nSPS) is 12.9. The van der Waals surface area contributed by atoms with Crippen LogP contribution < -0.4 is 10.6 Å². The maximum Gasteiger partial charge on any atom is 0.313 e. The molecule has 1 atom stereocenters. The molecule has 25 heavy (non-hydrogen) atoms. The second-order valence-electron chi connectivity index (χ2n) is 5.64. The largest absolute Gasteiger partial charge is 0.383 e. The number of nitro benzene ring substituents is 1. The zero-order valence-corrected chi connectivity index (χ0v) is 14.4. The van der Waals surface area contributed by atoms with Crippen LogP contribution in [-0.4, -0.2) is 28.4 Å². The van der Waals surface area contributed by atoms with Crippen molar-refractivity contribution >= 4 is 34.5 Å². The summed E-state index contributed by atoms with van der Waals surface area (Å²) >= 11 is 1.34. The number of aliphatic hydroxyl groups is 1. The van der Waals surface area contributed by atoms with E-state index in [0.717, 1.165) is 0 Å². The van der Waals surface area contributed by atoms with E-state index >= 15 is 0 Å². The van der Waals surface area contributed by atoms with Crippen molar-refractivity contribution < 1.29 is 19.6 Å². The maximum atomic E-state index is 12.0. The third-order valence-corrected chi connectivity index (χ3v) is 4.64. The Balaban J connectivity index is 1.97. The first-order valence-electron chi connectivity index (χ1n) is 7.31. The van der Waals surface area contributed by atoms with Crippen molar-refractivity contribution in [3.8, 4) is 0 Å². The van der Waals surface area contributed by atoms with E-state index in [1.54, 1.807) is 24.4 Å². The van der Waals surface area contributed by atoms with Crippen LogP contribution >= 0.6 is 11.3 Å². The summed E-state index contributed by atoms with van der Waals surface area (Å²) in [5.74, 6) is -1.83. The molecule has 8 nitrogen and oxygen atoms in total. The number of benzene rings is 1. The molecule has 0 radical (unpaired) electrons. The third kappa shape index (κ3) is 4.61.